The van der Waals surface area contributed by atoms with Crippen molar-refractivity contribution in [3.63, 3.8) is 0 Å². The van der Waals surface area contributed by atoms with Crippen LogP contribution in [0.25, 0.3) is 0 Å². The first-order valence-electron chi connectivity index (χ1n) is 9.33. The number of ether oxygens (including phenoxy) is 1. The van der Waals surface area contributed by atoms with Crippen molar-refractivity contribution in [2.24, 2.45) is 0 Å². The van der Waals surface area contributed by atoms with Crippen molar-refractivity contribution in [2.75, 3.05) is 27.2 Å². The van der Waals surface area contributed by atoms with Gasteiger partial charge in [-0.05, 0) is 50.5 Å². The van der Waals surface area contributed by atoms with E-state index in [1.165, 1.54) is 0 Å². The molecular weight excluding hydrogens is 368 g/mol. The second-order valence-electron chi connectivity index (χ2n) is 6.81. The van der Waals surface area contributed by atoms with Crippen LogP contribution >= 0.6 is 0 Å². The van der Waals surface area contributed by atoms with Crippen molar-refractivity contribution >= 4 is 11.7 Å². The summed E-state index contributed by atoms with van der Waals surface area (Å²) < 4.78 is 11.0. The molecule has 6 heteroatoms. The molecule has 0 spiro atoms. The lowest BCUT2D eigenvalue weighted by Gasteiger charge is -2.22. The van der Waals surface area contributed by atoms with Gasteiger partial charge < -0.3 is 14.5 Å². The molecule has 3 aromatic rings. The van der Waals surface area contributed by atoms with Crippen molar-refractivity contribution in [3.05, 3.63) is 89.9 Å². The van der Waals surface area contributed by atoms with Crippen LogP contribution in [0.5, 0.6) is 5.75 Å². The summed E-state index contributed by atoms with van der Waals surface area (Å²) in [6.07, 6.45) is 1.61. The van der Waals surface area contributed by atoms with Crippen LogP contribution < -0.4 is 10.1 Å². The van der Waals surface area contributed by atoms with Crippen LogP contribution in [0.4, 0.5) is 0 Å². The van der Waals surface area contributed by atoms with Crippen LogP contribution in [0.3, 0.4) is 0 Å². The fourth-order valence-corrected chi connectivity index (χ4v) is 2.89. The minimum atomic E-state index is -0.229. The number of amides is 1. The number of ketones is 1. The van der Waals surface area contributed by atoms with E-state index in [-0.39, 0.29) is 24.3 Å². The normalized spacial score (nSPS) is 11.8. The van der Waals surface area contributed by atoms with Crippen molar-refractivity contribution < 1.29 is 18.7 Å². The largest absolute Gasteiger partial charge is 0.484 e. The summed E-state index contributed by atoms with van der Waals surface area (Å²) in [7, 11) is 3.85. The van der Waals surface area contributed by atoms with Crippen molar-refractivity contribution in [1.29, 1.82) is 0 Å². The molecule has 6 nitrogen and oxygen atoms in total. The highest BCUT2D eigenvalue weighted by molar-refractivity contribution is 6.08. The zero-order valence-electron chi connectivity index (χ0n) is 16.5. The van der Waals surface area contributed by atoms with E-state index < -0.39 is 0 Å². The second kappa shape index (κ2) is 9.71. The Kier molecular flexibility index (Phi) is 6.81. The average molecular weight is 392 g/mol. The predicted octanol–water partition coefficient (Wildman–Crippen LogP) is 3.31. The fourth-order valence-electron chi connectivity index (χ4n) is 2.89. The number of hydrogen-bond acceptors (Lipinski definition) is 5. The van der Waals surface area contributed by atoms with Gasteiger partial charge in [0.1, 0.15) is 11.5 Å². The third-order valence-corrected chi connectivity index (χ3v) is 4.51. The van der Waals surface area contributed by atoms with Crippen LogP contribution in [-0.2, 0) is 4.79 Å². The van der Waals surface area contributed by atoms with Crippen LogP contribution in [0, 0.1) is 0 Å². The van der Waals surface area contributed by atoms with Crippen LogP contribution in [0.15, 0.2) is 77.4 Å². The molecule has 150 valence electrons. The molecular formula is C23H24N2O4. The van der Waals surface area contributed by atoms with Crippen molar-refractivity contribution in [2.45, 2.75) is 6.04 Å². The molecule has 0 saturated heterocycles. The molecule has 3 rings (SSSR count). The van der Waals surface area contributed by atoms with Crippen LogP contribution in [0.2, 0.25) is 0 Å². The maximum absolute atomic E-state index is 12.4. The van der Waals surface area contributed by atoms with Gasteiger partial charge in [-0.3, -0.25) is 14.5 Å². The van der Waals surface area contributed by atoms with E-state index in [0.717, 1.165) is 5.76 Å². The van der Waals surface area contributed by atoms with Gasteiger partial charge in [0, 0.05) is 17.7 Å². The SMILES string of the molecule is CN(C)C(CNC(=O)COc1ccc(C(=O)c2ccccc2)cc1)c1ccco1. The van der Waals surface area contributed by atoms with E-state index in [9.17, 15) is 9.59 Å². The van der Waals surface area contributed by atoms with Gasteiger partial charge in [-0.25, -0.2) is 0 Å². The van der Waals surface area contributed by atoms with E-state index >= 15 is 0 Å². The summed E-state index contributed by atoms with van der Waals surface area (Å²) in [5.74, 6) is 1.03. The molecule has 1 unspecified atom stereocenters. The number of benzene rings is 2. The summed E-state index contributed by atoms with van der Waals surface area (Å²) in [6, 6.07) is 19.5. The van der Waals surface area contributed by atoms with E-state index in [2.05, 4.69) is 5.32 Å². The highest BCUT2D eigenvalue weighted by atomic mass is 16.5. The zero-order chi connectivity index (χ0) is 20.6. The zero-order valence-corrected chi connectivity index (χ0v) is 16.5. The van der Waals surface area contributed by atoms with E-state index in [0.29, 0.717) is 23.4 Å². The number of nitrogens with one attached hydrogen (secondary N) is 1. The van der Waals surface area contributed by atoms with Gasteiger partial charge >= 0.3 is 0 Å². The van der Waals surface area contributed by atoms with Gasteiger partial charge in [-0.1, -0.05) is 30.3 Å². The quantitative estimate of drug-likeness (QED) is 0.566. The molecule has 1 heterocycles. The minimum Gasteiger partial charge on any atom is -0.484 e. The first-order valence-corrected chi connectivity index (χ1v) is 9.33. The molecule has 0 fully saturated rings. The van der Waals surface area contributed by atoms with Crippen LogP contribution in [0.1, 0.15) is 27.7 Å². The third-order valence-electron chi connectivity index (χ3n) is 4.51. The summed E-state index contributed by atoms with van der Waals surface area (Å²) in [5.41, 5.74) is 1.20. The number of carbonyl (C=O) groups excluding carboxylic acids is 2. The molecule has 1 aromatic heterocycles. The Morgan fingerprint density at radius 1 is 0.966 bits per heavy atom. The second-order valence-corrected chi connectivity index (χ2v) is 6.81. The molecule has 0 aliphatic carbocycles. The molecule has 29 heavy (non-hydrogen) atoms. The summed E-state index contributed by atoms with van der Waals surface area (Å²) in [6.45, 7) is 0.303. The topological polar surface area (TPSA) is 71.8 Å². The van der Waals surface area contributed by atoms with E-state index in [4.69, 9.17) is 9.15 Å². The Labute approximate surface area is 170 Å². The Balaban J connectivity index is 1.49. The molecule has 1 atom stereocenters. The smallest absolute Gasteiger partial charge is 0.258 e. The van der Waals surface area contributed by atoms with E-state index in [1.54, 1.807) is 42.7 Å². The lowest BCUT2D eigenvalue weighted by Crippen LogP contribution is -2.36. The standard InChI is InChI=1S/C23H24N2O4/c1-25(2)20(21-9-6-14-28-21)15-24-22(26)16-29-19-12-10-18(11-13-19)23(27)17-7-4-3-5-8-17/h3-14,20H,15-16H2,1-2H3,(H,24,26). The van der Waals surface area contributed by atoms with Crippen molar-refractivity contribution in [3.8, 4) is 5.75 Å². The number of furan rings is 1. The first kappa shape index (κ1) is 20.4. The Morgan fingerprint density at radius 2 is 1.66 bits per heavy atom. The Morgan fingerprint density at radius 3 is 2.28 bits per heavy atom. The van der Waals surface area contributed by atoms with Gasteiger partial charge in [-0.2, -0.15) is 0 Å². The van der Waals surface area contributed by atoms with Crippen LogP contribution in [-0.4, -0.2) is 43.8 Å². The van der Waals surface area contributed by atoms with Gasteiger partial charge in [-0.15, -0.1) is 0 Å². The Hall–Kier alpha value is -3.38. The van der Waals surface area contributed by atoms with Gasteiger partial charge in [0.25, 0.3) is 5.91 Å². The molecule has 2 aromatic carbocycles. The number of hydrogen-bond donors (Lipinski definition) is 1. The summed E-state index contributed by atoms with van der Waals surface area (Å²) in [5, 5.41) is 2.85. The van der Waals surface area contributed by atoms with Gasteiger partial charge in [0.2, 0.25) is 0 Å². The van der Waals surface area contributed by atoms with Gasteiger partial charge in [0.15, 0.2) is 12.4 Å². The van der Waals surface area contributed by atoms with Gasteiger partial charge in [0.05, 0.1) is 12.3 Å². The number of carbonyl (C=O) groups is 2. The number of nitrogens with zero attached hydrogens (tertiary/aromatic N) is 1. The maximum atomic E-state index is 12.4. The minimum absolute atomic E-state index is 0.0532. The highest BCUT2D eigenvalue weighted by Gasteiger charge is 2.18. The van der Waals surface area contributed by atoms with Crippen molar-refractivity contribution in [1.82, 2.24) is 10.2 Å². The predicted molar refractivity (Wildman–Crippen MR) is 110 cm³/mol. The first-order chi connectivity index (χ1) is 14.0. The molecule has 1 amide bonds. The molecule has 0 bridgehead atoms. The summed E-state index contributed by atoms with van der Waals surface area (Å²) in [4.78, 5) is 26.5. The Bertz CT molecular complexity index is 919. The van der Waals surface area contributed by atoms with E-state index in [1.807, 2.05) is 49.3 Å². The molecule has 0 radical (unpaired) electrons. The maximum Gasteiger partial charge on any atom is 0.258 e. The number of likely N-dealkylation sites (N-methyl/N-ethyl adjacent to an activating group) is 1. The average Bonchev–Trinajstić information content (AvgIpc) is 3.27. The molecule has 1 N–H and O–H groups in total. The highest BCUT2D eigenvalue weighted by Crippen LogP contribution is 2.18. The molecule has 0 aliphatic heterocycles. The summed E-state index contributed by atoms with van der Waals surface area (Å²) >= 11 is 0. The monoisotopic (exact) mass is 392 g/mol. The lowest BCUT2D eigenvalue weighted by molar-refractivity contribution is -0.123. The lowest BCUT2D eigenvalue weighted by atomic mass is 10.0. The number of rotatable bonds is 9. The molecule has 0 saturated carbocycles. The third kappa shape index (κ3) is 5.56. The fraction of sp³-hybridized carbons (Fsp3) is 0.217. The molecule has 0 aliphatic rings.